The Hall–Kier alpha value is -1.84. The molecule has 0 saturated carbocycles. The molecule has 0 amide bonds. The Kier molecular flexibility index (Phi) is 4.06. The molecule has 0 spiro atoms. The van der Waals surface area contributed by atoms with Gasteiger partial charge in [-0.1, -0.05) is 59.9 Å². The molecule has 3 heteroatoms. The highest BCUT2D eigenvalue weighted by Crippen LogP contribution is 2.51. The molecule has 0 radical (unpaired) electrons. The second-order valence-electron chi connectivity index (χ2n) is 5.24. The minimum atomic E-state index is 0.698. The van der Waals surface area contributed by atoms with E-state index in [1.54, 1.807) is 0 Å². The van der Waals surface area contributed by atoms with Crippen LogP contribution in [0.5, 0.6) is 5.75 Å². The van der Waals surface area contributed by atoms with Gasteiger partial charge >= 0.3 is 0 Å². The second kappa shape index (κ2) is 6.34. The molecule has 3 aromatic carbocycles. The Bertz CT molecular complexity index is 841. The molecule has 4 rings (SSSR count). The van der Waals surface area contributed by atoms with Crippen LogP contribution in [0.4, 0.5) is 0 Å². The Labute approximate surface area is 145 Å². The lowest BCUT2D eigenvalue weighted by molar-refractivity contribution is 0.340. The number of ether oxygens (including phenoxy) is 1. The average Bonchev–Trinajstić information content (AvgIpc) is 2.60. The number of hydrogen-bond acceptors (Lipinski definition) is 3. The van der Waals surface area contributed by atoms with Gasteiger partial charge in [-0.25, -0.2) is 0 Å². The van der Waals surface area contributed by atoms with Crippen molar-refractivity contribution in [2.24, 2.45) is 0 Å². The van der Waals surface area contributed by atoms with E-state index in [4.69, 9.17) is 4.74 Å². The van der Waals surface area contributed by atoms with E-state index < -0.39 is 0 Å². The summed E-state index contributed by atoms with van der Waals surface area (Å²) < 4.78 is 5.55. The third-order valence-corrected chi connectivity index (χ3v) is 6.35. The van der Waals surface area contributed by atoms with Crippen molar-refractivity contribution in [3.63, 3.8) is 0 Å². The molecule has 23 heavy (non-hydrogen) atoms. The molecule has 0 N–H and O–H groups in total. The van der Waals surface area contributed by atoms with Crippen molar-refractivity contribution < 1.29 is 4.74 Å². The predicted molar refractivity (Wildman–Crippen MR) is 97.7 cm³/mol. The topological polar surface area (TPSA) is 9.23 Å². The van der Waals surface area contributed by atoms with Gasteiger partial charge in [-0.3, -0.25) is 0 Å². The summed E-state index contributed by atoms with van der Waals surface area (Å²) in [6, 6.07) is 23.6. The lowest BCUT2D eigenvalue weighted by Gasteiger charge is -2.21. The monoisotopic (exact) mass is 336 g/mol. The fraction of sp³-hybridized carbons (Fsp3) is 0.100. The first-order chi connectivity index (χ1) is 11.3. The number of fused-ring (bicyclic) bond motifs is 2. The molecule has 1 aliphatic rings. The molecule has 1 heterocycles. The highest BCUT2D eigenvalue weighted by atomic mass is 32.2. The number of rotatable bonds is 3. The Morgan fingerprint density at radius 2 is 1.43 bits per heavy atom. The summed E-state index contributed by atoms with van der Waals surface area (Å²) in [7, 11) is 0. The fourth-order valence-electron chi connectivity index (χ4n) is 2.67. The normalized spacial score (nSPS) is 12.4. The summed E-state index contributed by atoms with van der Waals surface area (Å²) in [5, 5.41) is 0. The maximum absolute atomic E-state index is 5.55. The highest BCUT2D eigenvalue weighted by Gasteiger charge is 2.19. The van der Waals surface area contributed by atoms with Crippen LogP contribution < -0.4 is 4.74 Å². The quantitative estimate of drug-likeness (QED) is 0.430. The summed E-state index contributed by atoms with van der Waals surface area (Å²) in [6.07, 6.45) is 0. The van der Waals surface area contributed by atoms with Gasteiger partial charge in [-0.2, -0.15) is 0 Å². The third-order valence-electron chi connectivity index (χ3n) is 3.74. The smallest absolute Gasteiger partial charge is 0.119 e. The summed E-state index contributed by atoms with van der Waals surface area (Å²) >= 11 is 3.72. The molecular weight excluding hydrogens is 320 g/mol. The zero-order valence-corrected chi connectivity index (χ0v) is 14.4. The van der Waals surface area contributed by atoms with Crippen LogP contribution in [0, 0.1) is 0 Å². The van der Waals surface area contributed by atoms with Gasteiger partial charge in [0.25, 0.3) is 0 Å². The van der Waals surface area contributed by atoms with Gasteiger partial charge in [0.15, 0.2) is 0 Å². The standard InChI is InChI=1S/C20H16OS2/c1-2-21-15-12-10-14(11-13-15)16-6-5-9-19-20(16)23-18-8-4-3-7-17(18)22-19/h3-13H,2H2,1H3. The molecular formula is C20H16OS2. The van der Waals surface area contributed by atoms with Crippen molar-refractivity contribution in [3.8, 4) is 16.9 Å². The lowest BCUT2D eigenvalue weighted by Crippen LogP contribution is -1.93. The van der Waals surface area contributed by atoms with E-state index in [2.05, 4.69) is 54.6 Å². The first-order valence-corrected chi connectivity index (χ1v) is 9.29. The van der Waals surface area contributed by atoms with Gasteiger partial charge < -0.3 is 4.74 Å². The number of hydrogen-bond donors (Lipinski definition) is 0. The van der Waals surface area contributed by atoms with Crippen LogP contribution in [-0.4, -0.2) is 6.61 Å². The first-order valence-electron chi connectivity index (χ1n) is 7.66. The van der Waals surface area contributed by atoms with E-state index in [-0.39, 0.29) is 0 Å². The average molecular weight is 336 g/mol. The largest absolute Gasteiger partial charge is 0.494 e. The van der Waals surface area contributed by atoms with Gasteiger partial charge in [0.2, 0.25) is 0 Å². The van der Waals surface area contributed by atoms with Crippen molar-refractivity contribution in [2.45, 2.75) is 26.5 Å². The first kappa shape index (κ1) is 14.7. The van der Waals surface area contributed by atoms with Crippen LogP contribution in [0.25, 0.3) is 11.1 Å². The van der Waals surface area contributed by atoms with Crippen molar-refractivity contribution in [3.05, 3.63) is 66.7 Å². The Morgan fingerprint density at radius 3 is 2.17 bits per heavy atom. The molecule has 0 aliphatic carbocycles. The maximum atomic E-state index is 5.55. The van der Waals surface area contributed by atoms with E-state index in [9.17, 15) is 0 Å². The van der Waals surface area contributed by atoms with Crippen molar-refractivity contribution in [1.29, 1.82) is 0 Å². The minimum Gasteiger partial charge on any atom is -0.494 e. The lowest BCUT2D eigenvalue weighted by atomic mass is 10.1. The number of benzene rings is 3. The van der Waals surface area contributed by atoms with Gasteiger partial charge in [0.1, 0.15) is 5.75 Å². The van der Waals surface area contributed by atoms with Gasteiger partial charge in [0.05, 0.1) is 6.61 Å². The van der Waals surface area contributed by atoms with E-state index >= 15 is 0 Å². The molecule has 114 valence electrons. The van der Waals surface area contributed by atoms with Crippen molar-refractivity contribution in [1.82, 2.24) is 0 Å². The minimum absolute atomic E-state index is 0.698. The molecule has 1 aliphatic heterocycles. The van der Waals surface area contributed by atoms with E-state index in [0.29, 0.717) is 6.61 Å². The van der Waals surface area contributed by atoms with Crippen LogP contribution in [0.15, 0.2) is 86.3 Å². The fourth-order valence-corrected chi connectivity index (χ4v) is 5.07. The van der Waals surface area contributed by atoms with E-state index in [1.807, 2.05) is 42.6 Å². The van der Waals surface area contributed by atoms with Crippen molar-refractivity contribution in [2.75, 3.05) is 6.61 Å². The zero-order valence-electron chi connectivity index (χ0n) is 12.8. The molecule has 0 aromatic heterocycles. The molecule has 3 aromatic rings. The Balaban J connectivity index is 1.74. The molecule has 0 unspecified atom stereocenters. The summed E-state index contributed by atoms with van der Waals surface area (Å²) in [4.78, 5) is 5.36. The highest BCUT2D eigenvalue weighted by molar-refractivity contribution is 8.05. The third kappa shape index (κ3) is 2.87. The molecule has 0 saturated heterocycles. The molecule has 0 bridgehead atoms. The van der Waals surface area contributed by atoms with Gasteiger partial charge in [-0.05, 0) is 48.4 Å². The predicted octanol–water partition coefficient (Wildman–Crippen LogP) is 6.37. The summed E-state index contributed by atoms with van der Waals surface area (Å²) in [5.74, 6) is 0.924. The van der Waals surface area contributed by atoms with E-state index in [0.717, 1.165) is 5.75 Å². The molecule has 1 nitrogen and oxygen atoms in total. The SMILES string of the molecule is CCOc1ccc(-c2cccc3c2Sc2ccccc2S3)cc1. The summed E-state index contributed by atoms with van der Waals surface area (Å²) in [6.45, 7) is 2.70. The molecule has 0 fully saturated rings. The maximum Gasteiger partial charge on any atom is 0.119 e. The van der Waals surface area contributed by atoms with Crippen LogP contribution in [0.2, 0.25) is 0 Å². The van der Waals surface area contributed by atoms with Crippen molar-refractivity contribution >= 4 is 23.5 Å². The van der Waals surface area contributed by atoms with Crippen LogP contribution in [0.3, 0.4) is 0 Å². The van der Waals surface area contributed by atoms with Crippen LogP contribution in [-0.2, 0) is 0 Å². The van der Waals surface area contributed by atoms with Crippen LogP contribution in [0.1, 0.15) is 6.92 Å². The van der Waals surface area contributed by atoms with E-state index in [1.165, 1.54) is 30.7 Å². The van der Waals surface area contributed by atoms with Gasteiger partial charge in [0, 0.05) is 19.6 Å². The summed E-state index contributed by atoms with van der Waals surface area (Å²) in [5.41, 5.74) is 2.52. The van der Waals surface area contributed by atoms with Gasteiger partial charge in [-0.15, -0.1) is 0 Å². The second-order valence-corrected chi connectivity index (χ2v) is 7.38. The molecule has 0 atom stereocenters. The van der Waals surface area contributed by atoms with Crippen LogP contribution >= 0.6 is 23.5 Å². The Morgan fingerprint density at radius 1 is 0.739 bits per heavy atom. The zero-order chi connectivity index (χ0) is 15.6.